The van der Waals surface area contributed by atoms with Gasteiger partial charge in [-0.25, -0.2) is 10.1 Å². The Morgan fingerprint density at radius 2 is 2.11 bits per heavy atom. The first-order chi connectivity index (χ1) is 17.5. The largest absolute Gasteiger partial charge is 0.378 e. The summed E-state index contributed by atoms with van der Waals surface area (Å²) < 4.78 is 6.03. The fourth-order valence-electron chi connectivity index (χ4n) is 4.02. The molecule has 3 heterocycles. The number of hydrazone groups is 1. The number of aryl methyl sites for hydroxylation is 1. The van der Waals surface area contributed by atoms with Gasteiger partial charge in [-0.1, -0.05) is 35.5 Å². The third-order valence-corrected chi connectivity index (χ3v) is 5.68. The minimum Gasteiger partial charge on any atom is -0.378 e. The number of nitrogens with one attached hydrogen (secondary N) is 1. The van der Waals surface area contributed by atoms with E-state index >= 15 is 0 Å². The van der Waals surface area contributed by atoms with Gasteiger partial charge in [0.15, 0.2) is 5.69 Å². The number of nitrogens with zero attached hydrogens (tertiary/aromatic N) is 8. The third kappa shape index (κ3) is 4.46. The number of fused-ring (bicyclic) bond motifs is 1. The molecule has 3 N–H and O–H groups in total. The first-order valence-corrected chi connectivity index (χ1v) is 10.9. The molecule has 0 unspecified atom stereocenters. The van der Waals surface area contributed by atoms with Crippen molar-refractivity contribution in [3.05, 3.63) is 81.2 Å². The highest BCUT2D eigenvalue weighted by molar-refractivity contribution is 5.94. The number of aromatic nitrogens is 5. The Morgan fingerprint density at radius 3 is 2.92 bits per heavy atom. The van der Waals surface area contributed by atoms with E-state index in [1.54, 1.807) is 6.07 Å². The number of anilines is 2. The van der Waals surface area contributed by atoms with Gasteiger partial charge in [0.2, 0.25) is 11.6 Å². The van der Waals surface area contributed by atoms with Crippen molar-refractivity contribution in [1.82, 2.24) is 30.7 Å². The number of hydrogen-bond donors (Lipinski definition) is 2. The van der Waals surface area contributed by atoms with Crippen LogP contribution in [-0.4, -0.2) is 48.9 Å². The predicted molar refractivity (Wildman–Crippen MR) is 128 cm³/mol. The number of para-hydroxylation sites is 1. The molecule has 1 aliphatic rings. The van der Waals surface area contributed by atoms with E-state index in [1.165, 1.54) is 34.7 Å². The number of benzene rings is 2. The summed E-state index contributed by atoms with van der Waals surface area (Å²) in [6.45, 7) is 1.05. The monoisotopic (exact) mass is 488 g/mol. The molecule has 0 spiro atoms. The molecule has 4 aromatic rings. The Hall–Kier alpha value is -5.14. The number of hydrogen-bond acceptors (Lipinski definition) is 11. The Labute approximate surface area is 203 Å². The van der Waals surface area contributed by atoms with Gasteiger partial charge in [0.25, 0.3) is 11.6 Å². The number of rotatable bonds is 7. The zero-order chi connectivity index (χ0) is 25.1. The van der Waals surface area contributed by atoms with Gasteiger partial charge in [0, 0.05) is 29.9 Å². The summed E-state index contributed by atoms with van der Waals surface area (Å²) in [7, 11) is 0. The molecule has 0 fully saturated rings. The van der Waals surface area contributed by atoms with E-state index in [1.807, 2.05) is 18.2 Å². The fraction of sp³-hybridized carbons (Fsp3) is 0.182. The van der Waals surface area contributed by atoms with Gasteiger partial charge < -0.3 is 10.6 Å². The first kappa shape index (κ1) is 22.6. The van der Waals surface area contributed by atoms with Gasteiger partial charge in [-0.15, -0.1) is 5.10 Å². The second kappa shape index (κ2) is 9.61. The molecule has 36 heavy (non-hydrogen) atoms. The van der Waals surface area contributed by atoms with Crippen LogP contribution < -0.4 is 16.1 Å². The standard InChI is InChI=1S/C22H20N10O4/c23-20-21(28-36-27-20)31-18(13-30-10-4-7-15-6-1-2-9-17(15)30)19(25-29-31)22(33)26-24-12-14-5-3-8-16(11-14)32(34)35/h1-3,5-6,8-9,11-12H,4,7,10,13H2,(H2,23,27)(H,26,33)/b24-12-. The average Bonchev–Trinajstić information content (AvgIpc) is 3.50. The van der Waals surface area contributed by atoms with Crippen molar-refractivity contribution < 1.29 is 14.3 Å². The van der Waals surface area contributed by atoms with Gasteiger partial charge in [0.1, 0.15) is 0 Å². The van der Waals surface area contributed by atoms with Crippen molar-refractivity contribution in [3.63, 3.8) is 0 Å². The second-order valence-electron chi connectivity index (χ2n) is 7.97. The van der Waals surface area contributed by atoms with Gasteiger partial charge in [0.05, 0.1) is 23.4 Å². The van der Waals surface area contributed by atoms with Gasteiger partial charge in [-0.2, -0.15) is 9.78 Å². The number of carbonyl (C=O) groups excluding carboxylic acids is 1. The van der Waals surface area contributed by atoms with Crippen LogP contribution in [0.4, 0.5) is 17.2 Å². The third-order valence-electron chi connectivity index (χ3n) is 5.68. The van der Waals surface area contributed by atoms with E-state index in [4.69, 9.17) is 10.4 Å². The lowest BCUT2D eigenvalue weighted by Gasteiger charge is -2.31. The lowest BCUT2D eigenvalue weighted by Crippen LogP contribution is -2.31. The quantitative estimate of drug-likeness (QED) is 0.221. The number of nitrogen functional groups attached to an aromatic ring is 1. The van der Waals surface area contributed by atoms with Crippen LogP contribution in [0, 0.1) is 10.1 Å². The minimum absolute atomic E-state index is 0.00385. The Morgan fingerprint density at radius 1 is 1.25 bits per heavy atom. The van der Waals surface area contributed by atoms with E-state index < -0.39 is 10.8 Å². The first-order valence-electron chi connectivity index (χ1n) is 10.9. The molecule has 1 aliphatic heterocycles. The highest BCUT2D eigenvalue weighted by Gasteiger charge is 2.27. The Bertz CT molecular complexity index is 1460. The highest BCUT2D eigenvalue weighted by atomic mass is 16.6. The zero-order valence-corrected chi connectivity index (χ0v) is 18.8. The minimum atomic E-state index is -0.627. The highest BCUT2D eigenvalue weighted by Crippen LogP contribution is 2.29. The van der Waals surface area contributed by atoms with Crippen molar-refractivity contribution in [2.24, 2.45) is 5.10 Å². The SMILES string of the molecule is Nc1nonc1-n1nnc(C(=O)N/N=C\c2cccc([N+](=O)[O-])c2)c1CN1CCCc2ccccc21. The van der Waals surface area contributed by atoms with Gasteiger partial charge >= 0.3 is 0 Å². The molecule has 14 heteroatoms. The molecule has 14 nitrogen and oxygen atoms in total. The maximum Gasteiger partial charge on any atom is 0.293 e. The summed E-state index contributed by atoms with van der Waals surface area (Å²) in [5, 5.41) is 30.4. The van der Waals surface area contributed by atoms with Crippen molar-refractivity contribution in [3.8, 4) is 5.82 Å². The van der Waals surface area contributed by atoms with Crippen LogP contribution >= 0.6 is 0 Å². The van der Waals surface area contributed by atoms with Crippen molar-refractivity contribution in [2.75, 3.05) is 17.2 Å². The van der Waals surface area contributed by atoms with E-state index in [2.05, 4.69) is 42.1 Å². The lowest BCUT2D eigenvalue weighted by atomic mass is 10.0. The Kier molecular flexibility index (Phi) is 6.05. The molecule has 0 saturated carbocycles. The van der Waals surface area contributed by atoms with E-state index in [9.17, 15) is 14.9 Å². The summed E-state index contributed by atoms with van der Waals surface area (Å²) in [5.74, 6) is -0.518. The Balaban J connectivity index is 1.43. The number of amides is 1. The number of nitrogens with two attached hydrogens (primary N) is 1. The molecule has 5 rings (SSSR count). The van der Waals surface area contributed by atoms with Crippen LogP contribution in [0.1, 0.15) is 33.7 Å². The van der Waals surface area contributed by atoms with Crippen LogP contribution in [0.25, 0.3) is 5.82 Å². The maximum atomic E-state index is 13.0. The zero-order valence-electron chi connectivity index (χ0n) is 18.8. The van der Waals surface area contributed by atoms with Crippen molar-refractivity contribution in [1.29, 1.82) is 0 Å². The van der Waals surface area contributed by atoms with E-state index in [0.717, 1.165) is 25.1 Å². The number of carbonyl (C=O) groups is 1. The summed E-state index contributed by atoms with van der Waals surface area (Å²) >= 11 is 0. The van der Waals surface area contributed by atoms with E-state index in [0.29, 0.717) is 11.3 Å². The summed E-state index contributed by atoms with van der Waals surface area (Å²) in [4.78, 5) is 25.6. The van der Waals surface area contributed by atoms with Crippen molar-refractivity contribution >= 4 is 29.3 Å². The molecule has 1 amide bonds. The molecule has 0 atom stereocenters. The number of nitro groups is 1. The number of nitro benzene ring substituents is 1. The van der Waals surface area contributed by atoms with Crippen molar-refractivity contribution in [2.45, 2.75) is 19.4 Å². The summed E-state index contributed by atoms with van der Waals surface area (Å²) in [6.07, 6.45) is 3.21. The smallest absolute Gasteiger partial charge is 0.293 e. The van der Waals surface area contributed by atoms with Gasteiger partial charge in [-0.3, -0.25) is 14.9 Å². The normalized spacial score (nSPS) is 13.1. The summed E-state index contributed by atoms with van der Waals surface area (Å²) in [5.41, 5.74) is 11.3. The topological polar surface area (TPSA) is 183 Å². The molecule has 0 saturated heterocycles. The van der Waals surface area contributed by atoms with Crippen LogP contribution in [0.2, 0.25) is 0 Å². The van der Waals surface area contributed by atoms with Gasteiger partial charge in [-0.05, 0) is 34.8 Å². The molecule has 0 aliphatic carbocycles. The number of non-ortho nitro benzene ring substituents is 1. The van der Waals surface area contributed by atoms with Crippen LogP contribution in [0.3, 0.4) is 0 Å². The molecule has 0 radical (unpaired) electrons. The molecule has 2 aromatic heterocycles. The van der Waals surface area contributed by atoms with Crippen LogP contribution in [0.15, 0.2) is 58.3 Å². The molecule has 182 valence electrons. The van der Waals surface area contributed by atoms with E-state index in [-0.39, 0.29) is 29.6 Å². The lowest BCUT2D eigenvalue weighted by molar-refractivity contribution is -0.384. The fourth-order valence-corrected chi connectivity index (χ4v) is 4.02. The average molecular weight is 488 g/mol. The van der Waals surface area contributed by atoms with Crippen LogP contribution in [0.5, 0.6) is 0 Å². The molecule has 0 bridgehead atoms. The molecular formula is C22H20N10O4. The molecular weight excluding hydrogens is 468 g/mol. The molecule has 2 aromatic carbocycles. The predicted octanol–water partition coefficient (Wildman–Crippen LogP) is 1.86. The maximum absolute atomic E-state index is 13.0. The second-order valence-corrected chi connectivity index (χ2v) is 7.97. The summed E-state index contributed by atoms with van der Waals surface area (Å²) in [6, 6.07) is 13.9. The van der Waals surface area contributed by atoms with Crippen LogP contribution in [-0.2, 0) is 13.0 Å².